The maximum atomic E-state index is 9.44. The van der Waals surface area contributed by atoms with Gasteiger partial charge in [0.15, 0.2) is 0 Å². The van der Waals surface area contributed by atoms with E-state index in [1.165, 1.54) is 11.1 Å². The van der Waals surface area contributed by atoms with E-state index in [4.69, 9.17) is 0 Å². The molecule has 1 atom stereocenters. The molecule has 0 saturated carbocycles. The molecule has 1 heteroatoms. The summed E-state index contributed by atoms with van der Waals surface area (Å²) in [4.78, 5) is 0. The van der Waals surface area contributed by atoms with Crippen molar-refractivity contribution in [2.24, 2.45) is 0 Å². The second kappa shape index (κ2) is 4.61. The third kappa shape index (κ3) is 2.36. The highest BCUT2D eigenvalue weighted by atomic mass is 16.3. The van der Waals surface area contributed by atoms with Gasteiger partial charge in [-0.25, -0.2) is 0 Å². The van der Waals surface area contributed by atoms with Gasteiger partial charge in [0.25, 0.3) is 0 Å². The van der Waals surface area contributed by atoms with Crippen LogP contribution in [-0.4, -0.2) is 11.7 Å². The highest BCUT2D eigenvalue weighted by Gasteiger charge is 2.24. The van der Waals surface area contributed by atoms with E-state index >= 15 is 0 Å². The van der Waals surface area contributed by atoms with Crippen molar-refractivity contribution in [1.29, 1.82) is 0 Å². The molecule has 1 rings (SSSR count). The molecule has 0 aliphatic carbocycles. The zero-order chi connectivity index (χ0) is 10.6. The summed E-state index contributed by atoms with van der Waals surface area (Å²) in [5, 5.41) is 9.44. The van der Waals surface area contributed by atoms with Crippen molar-refractivity contribution in [2.75, 3.05) is 6.61 Å². The fraction of sp³-hybridized carbons (Fsp3) is 0.538. The Bertz CT molecular complexity index is 276. The molecular formula is C13H20O. The Morgan fingerprint density at radius 1 is 1.21 bits per heavy atom. The van der Waals surface area contributed by atoms with Crippen LogP contribution < -0.4 is 0 Å². The molecule has 14 heavy (non-hydrogen) atoms. The van der Waals surface area contributed by atoms with Crippen molar-refractivity contribution in [1.82, 2.24) is 0 Å². The molecule has 0 radical (unpaired) electrons. The minimum Gasteiger partial charge on any atom is -0.395 e. The normalized spacial score (nSPS) is 15.1. The molecule has 0 spiro atoms. The van der Waals surface area contributed by atoms with Crippen molar-refractivity contribution >= 4 is 0 Å². The molecule has 0 aliphatic rings. The van der Waals surface area contributed by atoms with Gasteiger partial charge < -0.3 is 5.11 Å². The van der Waals surface area contributed by atoms with Gasteiger partial charge in [-0.1, -0.05) is 50.1 Å². The summed E-state index contributed by atoms with van der Waals surface area (Å²) in [6.07, 6.45) is 2.14. The molecular weight excluding hydrogens is 172 g/mol. The first-order chi connectivity index (χ1) is 6.62. The van der Waals surface area contributed by atoms with E-state index in [1.54, 1.807) is 0 Å². The molecule has 1 aromatic rings. The van der Waals surface area contributed by atoms with Crippen LogP contribution in [0.1, 0.15) is 37.8 Å². The van der Waals surface area contributed by atoms with Crippen LogP contribution in [0.15, 0.2) is 24.3 Å². The molecule has 78 valence electrons. The first kappa shape index (κ1) is 11.3. The van der Waals surface area contributed by atoms with Gasteiger partial charge in [0.05, 0.1) is 6.61 Å². The first-order valence-electron chi connectivity index (χ1n) is 5.30. The third-order valence-corrected chi connectivity index (χ3v) is 2.90. The maximum Gasteiger partial charge on any atom is 0.0525 e. The zero-order valence-electron chi connectivity index (χ0n) is 9.38. The van der Waals surface area contributed by atoms with Crippen LogP contribution >= 0.6 is 0 Å². The minimum atomic E-state index is -0.0670. The molecule has 0 aliphatic heterocycles. The summed E-state index contributed by atoms with van der Waals surface area (Å²) in [5.41, 5.74) is 2.45. The van der Waals surface area contributed by atoms with Gasteiger partial charge in [-0.15, -0.1) is 0 Å². The molecule has 0 fully saturated rings. The number of aryl methyl sites for hydroxylation is 1. The first-order valence-corrected chi connectivity index (χ1v) is 5.30. The van der Waals surface area contributed by atoms with Gasteiger partial charge in [-0.2, -0.15) is 0 Å². The SMILES string of the molecule is CCCC(C)(CO)c1ccc(C)cc1. The largest absolute Gasteiger partial charge is 0.395 e. The minimum absolute atomic E-state index is 0.0670. The Hall–Kier alpha value is -0.820. The number of aliphatic hydroxyl groups is 1. The number of aliphatic hydroxyl groups excluding tert-OH is 1. The number of hydrogen-bond donors (Lipinski definition) is 1. The summed E-state index contributed by atoms with van der Waals surface area (Å²) in [6.45, 7) is 6.59. The summed E-state index contributed by atoms with van der Waals surface area (Å²) in [5.74, 6) is 0. The summed E-state index contributed by atoms with van der Waals surface area (Å²) in [6, 6.07) is 8.47. The lowest BCUT2D eigenvalue weighted by molar-refractivity contribution is 0.196. The van der Waals surface area contributed by atoms with Crippen molar-refractivity contribution in [3.05, 3.63) is 35.4 Å². The smallest absolute Gasteiger partial charge is 0.0525 e. The van der Waals surface area contributed by atoms with E-state index in [2.05, 4.69) is 45.0 Å². The van der Waals surface area contributed by atoms with E-state index in [0.29, 0.717) is 0 Å². The molecule has 1 unspecified atom stereocenters. The third-order valence-electron chi connectivity index (χ3n) is 2.90. The molecule has 0 aromatic heterocycles. The summed E-state index contributed by atoms with van der Waals surface area (Å²) in [7, 11) is 0. The van der Waals surface area contributed by atoms with E-state index in [0.717, 1.165) is 12.8 Å². The zero-order valence-corrected chi connectivity index (χ0v) is 9.38. The van der Waals surface area contributed by atoms with Crippen molar-refractivity contribution < 1.29 is 5.11 Å². The van der Waals surface area contributed by atoms with Crippen LogP contribution in [-0.2, 0) is 5.41 Å². The maximum absolute atomic E-state index is 9.44. The average molecular weight is 192 g/mol. The number of rotatable bonds is 4. The van der Waals surface area contributed by atoms with E-state index in [-0.39, 0.29) is 12.0 Å². The van der Waals surface area contributed by atoms with Gasteiger partial charge in [-0.3, -0.25) is 0 Å². The van der Waals surface area contributed by atoms with Gasteiger partial charge in [0.1, 0.15) is 0 Å². The second-order valence-electron chi connectivity index (χ2n) is 4.33. The molecule has 0 bridgehead atoms. The second-order valence-corrected chi connectivity index (χ2v) is 4.33. The average Bonchev–Trinajstić information content (AvgIpc) is 2.19. The summed E-state index contributed by atoms with van der Waals surface area (Å²) < 4.78 is 0. The highest BCUT2D eigenvalue weighted by Crippen LogP contribution is 2.28. The molecule has 1 nitrogen and oxygen atoms in total. The van der Waals surface area contributed by atoms with Crippen molar-refractivity contribution in [3.63, 3.8) is 0 Å². The lowest BCUT2D eigenvalue weighted by Crippen LogP contribution is -2.26. The fourth-order valence-corrected chi connectivity index (χ4v) is 1.82. The quantitative estimate of drug-likeness (QED) is 0.777. The van der Waals surface area contributed by atoms with Crippen LogP contribution in [0, 0.1) is 6.92 Å². The summed E-state index contributed by atoms with van der Waals surface area (Å²) >= 11 is 0. The van der Waals surface area contributed by atoms with Crippen LogP contribution in [0.3, 0.4) is 0 Å². The Labute approximate surface area is 86.8 Å². The van der Waals surface area contributed by atoms with Gasteiger partial charge in [0.2, 0.25) is 0 Å². The molecule has 1 N–H and O–H groups in total. The predicted octanol–water partition coefficient (Wildman–Crippen LogP) is 3.05. The molecule has 1 aromatic carbocycles. The Kier molecular flexibility index (Phi) is 3.70. The fourth-order valence-electron chi connectivity index (χ4n) is 1.82. The number of hydrogen-bond acceptors (Lipinski definition) is 1. The van der Waals surface area contributed by atoms with Crippen LogP contribution in [0.25, 0.3) is 0 Å². The van der Waals surface area contributed by atoms with Gasteiger partial charge in [0, 0.05) is 5.41 Å². The standard InChI is InChI=1S/C13H20O/c1-4-9-13(3,10-14)12-7-5-11(2)6-8-12/h5-8,14H,4,9-10H2,1-3H3. The van der Waals surface area contributed by atoms with Gasteiger partial charge in [-0.05, 0) is 18.9 Å². The van der Waals surface area contributed by atoms with E-state index < -0.39 is 0 Å². The van der Waals surface area contributed by atoms with Crippen LogP contribution in [0.5, 0.6) is 0 Å². The Morgan fingerprint density at radius 3 is 2.21 bits per heavy atom. The lowest BCUT2D eigenvalue weighted by Gasteiger charge is -2.27. The monoisotopic (exact) mass is 192 g/mol. The van der Waals surface area contributed by atoms with Crippen molar-refractivity contribution in [2.45, 2.75) is 39.0 Å². The predicted molar refractivity (Wildman–Crippen MR) is 60.5 cm³/mol. The van der Waals surface area contributed by atoms with E-state index in [1.807, 2.05) is 0 Å². The molecule has 0 saturated heterocycles. The Morgan fingerprint density at radius 2 is 1.79 bits per heavy atom. The molecule has 0 amide bonds. The Balaban J connectivity index is 2.94. The number of benzene rings is 1. The van der Waals surface area contributed by atoms with Crippen LogP contribution in [0.4, 0.5) is 0 Å². The highest BCUT2D eigenvalue weighted by molar-refractivity contribution is 5.28. The van der Waals surface area contributed by atoms with Crippen molar-refractivity contribution in [3.8, 4) is 0 Å². The topological polar surface area (TPSA) is 20.2 Å². The van der Waals surface area contributed by atoms with Gasteiger partial charge >= 0.3 is 0 Å². The molecule has 0 heterocycles. The lowest BCUT2D eigenvalue weighted by atomic mass is 9.79. The van der Waals surface area contributed by atoms with Crippen LogP contribution in [0.2, 0.25) is 0 Å². The van der Waals surface area contributed by atoms with E-state index in [9.17, 15) is 5.11 Å².